The molecule has 0 amide bonds. The van der Waals surface area contributed by atoms with Gasteiger partial charge in [-0.05, 0) is 42.0 Å². The van der Waals surface area contributed by atoms with E-state index in [0.717, 1.165) is 23.6 Å². The van der Waals surface area contributed by atoms with Crippen LogP contribution in [0.5, 0.6) is 0 Å². The van der Waals surface area contributed by atoms with E-state index in [1.807, 2.05) is 42.1 Å². The summed E-state index contributed by atoms with van der Waals surface area (Å²) in [4.78, 5) is 4.82. The predicted molar refractivity (Wildman–Crippen MR) is 110 cm³/mol. The molecule has 1 aliphatic rings. The van der Waals surface area contributed by atoms with Crippen LogP contribution in [0.3, 0.4) is 0 Å². The van der Waals surface area contributed by atoms with Crippen molar-refractivity contribution in [2.24, 2.45) is 4.99 Å². The Morgan fingerprint density at radius 3 is 2.12 bits per heavy atom. The van der Waals surface area contributed by atoms with Crippen LogP contribution in [0.4, 0.5) is 5.69 Å². The number of thioether (sulfide) groups is 1. The fourth-order valence-electron chi connectivity index (χ4n) is 2.70. The van der Waals surface area contributed by atoms with Crippen molar-refractivity contribution in [3.63, 3.8) is 0 Å². The first-order valence-electron chi connectivity index (χ1n) is 8.40. The van der Waals surface area contributed by atoms with Crippen LogP contribution < -0.4 is 0 Å². The van der Waals surface area contributed by atoms with E-state index in [1.54, 1.807) is 0 Å². The first-order chi connectivity index (χ1) is 11.5. The standard InChI is InChI=1S/C21H23NSSi/c1-24(2,3)14-13-21(22-19-11-5-4-6-12-19)23-20-15-17-9-7-8-10-18(17)16-20/h4-12,20H,15-16H2,1-3H3. The molecule has 0 unspecified atom stereocenters. The van der Waals surface area contributed by atoms with Crippen LogP contribution in [-0.2, 0) is 12.8 Å². The van der Waals surface area contributed by atoms with Gasteiger partial charge in [-0.1, -0.05) is 73.9 Å². The van der Waals surface area contributed by atoms with Crippen LogP contribution in [0.2, 0.25) is 19.6 Å². The third-order valence-electron chi connectivity index (χ3n) is 3.82. The maximum absolute atomic E-state index is 4.82. The summed E-state index contributed by atoms with van der Waals surface area (Å²) in [6.07, 6.45) is 2.23. The molecule has 0 saturated heterocycles. The SMILES string of the molecule is C[Si](C)(C)C#CC(=Nc1ccccc1)SC1Cc2ccccc2C1. The van der Waals surface area contributed by atoms with Gasteiger partial charge >= 0.3 is 0 Å². The molecule has 0 atom stereocenters. The lowest BCUT2D eigenvalue weighted by molar-refractivity contribution is 0.940. The van der Waals surface area contributed by atoms with E-state index < -0.39 is 8.07 Å². The average Bonchev–Trinajstić information content (AvgIpc) is 2.95. The molecular formula is C21H23NSSi. The molecule has 24 heavy (non-hydrogen) atoms. The molecule has 0 aliphatic heterocycles. The smallest absolute Gasteiger partial charge is 0.146 e. The van der Waals surface area contributed by atoms with Crippen LogP contribution in [0.1, 0.15) is 11.1 Å². The first-order valence-corrected chi connectivity index (χ1v) is 12.8. The van der Waals surface area contributed by atoms with E-state index in [0.29, 0.717) is 5.25 Å². The highest BCUT2D eigenvalue weighted by Crippen LogP contribution is 2.31. The monoisotopic (exact) mass is 349 g/mol. The summed E-state index contributed by atoms with van der Waals surface area (Å²) in [6, 6.07) is 18.9. The van der Waals surface area contributed by atoms with Crippen molar-refractivity contribution < 1.29 is 0 Å². The van der Waals surface area contributed by atoms with Gasteiger partial charge in [0.1, 0.15) is 13.1 Å². The third kappa shape index (κ3) is 4.86. The number of nitrogens with zero attached hydrogens (tertiary/aromatic N) is 1. The van der Waals surface area contributed by atoms with Gasteiger partial charge in [-0.3, -0.25) is 0 Å². The van der Waals surface area contributed by atoms with Crippen molar-refractivity contribution in [3.8, 4) is 11.5 Å². The summed E-state index contributed by atoms with van der Waals surface area (Å²) in [5, 5.41) is 1.50. The van der Waals surface area contributed by atoms with Crippen molar-refractivity contribution in [1.82, 2.24) is 0 Å². The van der Waals surface area contributed by atoms with Gasteiger partial charge in [0.2, 0.25) is 0 Å². The maximum atomic E-state index is 4.82. The number of benzene rings is 2. The predicted octanol–water partition coefficient (Wildman–Crippen LogP) is 5.50. The van der Waals surface area contributed by atoms with E-state index >= 15 is 0 Å². The van der Waals surface area contributed by atoms with E-state index in [1.165, 1.54) is 11.1 Å². The molecule has 0 spiro atoms. The van der Waals surface area contributed by atoms with Crippen LogP contribution in [0, 0.1) is 11.5 Å². The van der Waals surface area contributed by atoms with E-state index in [2.05, 4.69) is 55.4 Å². The fourth-order valence-corrected chi connectivity index (χ4v) is 4.40. The quantitative estimate of drug-likeness (QED) is 0.302. The lowest BCUT2D eigenvalue weighted by atomic mass is 10.1. The first kappa shape index (κ1) is 17.1. The summed E-state index contributed by atoms with van der Waals surface area (Å²) >= 11 is 1.84. The number of para-hydroxylation sites is 1. The molecule has 0 bridgehead atoms. The summed E-state index contributed by atoms with van der Waals surface area (Å²) < 4.78 is 0. The minimum atomic E-state index is -1.41. The highest BCUT2D eigenvalue weighted by Gasteiger charge is 2.23. The Kier molecular flexibility index (Phi) is 5.28. The highest BCUT2D eigenvalue weighted by molar-refractivity contribution is 8.15. The summed E-state index contributed by atoms with van der Waals surface area (Å²) in [5.74, 6) is 3.39. The Balaban J connectivity index is 1.81. The lowest BCUT2D eigenvalue weighted by Gasteiger charge is -2.09. The maximum Gasteiger partial charge on any atom is 0.146 e. The van der Waals surface area contributed by atoms with Crippen LogP contribution in [0.15, 0.2) is 59.6 Å². The second-order valence-corrected chi connectivity index (χ2v) is 13.2. The van der Waals surface area contributed by atoms with Crippen LogP contribution >= 0.6 is 11.8 Å². The lowest BCUT2D eigenvalue weighted by Crippen LogP contribution is -2.17. The zero-order chi connectivity index (χ0) is 17.0. The van der Waals surface area contributed by atoms with Gasteiger partial charge in [-0.15, -0.1) is 5.54 Å². The van der Waals surface area contributed by atoms with Gasteiger partial charge < -0.3 is 0 Å². The number of hydrogen-bond acceptors (Lipinski definition) is 2. The van der Waals surface area contributed by atoms with E-state index in [-0.39, 0.29) is 0 Å². The van der Waals surface area contributed by atoms with Crippen molar-refractivity contribution in [2.75, 3.05) is 0 Å². The topological polar surface area (TPSA) is 12.4 Å². The Hall–Kier alpha value is -1.76. The zero-order valence-electron chi connectivity index (χ0n) is 14.5. The third-order valence-corrected chi connectivity index (χ3v) is 5.78. The van der Waals surface area contributed by atoms with Crippen LogP contribution in [0.25, 0.3) is 0 Å². The molecule has 122 valence electrons. The van der Waals surface area contributed by atoms with Gasteiger partial charge in [0.05, 0.1) is 5.69 Å². The fraction of sp³-hybridized carbons (Fsp3) is 0.286. The molecule has 0 N–H and O–H groups in total. The minimum Gasteiger partial charge on any atom is -0.233 e. The number of rotatable bonds is 2. The molecule has 0 radical (unpaired) electrons. The average molecular weight is 350 g/mol. The molecule has 1 aliphatic carbocycles. The molecule has 2 aromatic rings. The van der Waals surface area contributed by atoms with Gasteiger partial charge in [0.15, 0.2) is 0 Å². The zero-order valence-corrected chi connectivity index (χ0v) is 16.4. The Bertz CT molecular complexity index is 769. The molecular weight excluding hydrogens is 326 g/mol. The largest absolute Gasteiger partial charge is 0.233 e. The summed E-state index contributed by atoms with van der Waals surface area (Å²) in [5.41, 5.74) is 7.42. The molecule has 0 saturated carbocycles. The van der Waals surface area contributed by atoms with Gasteiger partial charge in [-0.25, -0.2) is 4.99 Å². The Labute approximate surface area is 150 Å². The molecule has 3 rings (SSSR count). The Morgan fingerprint density at radius 2 is 1.54 bits per heavy atom. The second kappa shape index (κ2) is 7.42. The van der Waals surface area contributed by atoms with Crippen molar-refractivity contribution in [3.05, 3.63) is 65.7 Å². The molecule has 1 nitrogen and oxygen atoms in total. The number of hydrogen-bond donors (Lipinski definition) is 0. The van der Waals surface area contributed by atoms with Crippen molar-refractivity contribution in [2.45, 2.75) is 37.7 Å². The molecule has 0 heterocycles. The Morgan fingerprint density at radius 1 is 0.958 bits per heavy atom. The second-order valence-electron chi connectivity index (χ2n) is 7.17. The number of aliphatic imine (C=N–C) groups is 1. The molecule has 0 aromatic heterocycles. The molecule has 2 aromatic carbocycles. The van der Waals surface area contributed by atoms with Crippen LogP contribution in [-0.4, -0.2) is 18.4 Å². The molecule has 0 fully saturated rings. The minimum absolute atomic E-state index is 0.542. The normalized spacial score (nSPS) is 14.9. The van der Waals surface area contributed by atoms with Gasteiger partial charge in [-0.2, -0.15) is 0 Å². The van der Waals surface area contributed by atoms with Crippen molar-refractivity contribution >= 4 is 30.6 Å². The summed E-state index contributed by atoms with van der Waals surface area (Å²) in [7, 11) is -1.41. The number of fused-ring (bicyclic) bond motifs is 1. The molecule has 3 heteroatoms. The summed E-state index contributed by atoms with van der Waals surface area (Å²) in [6.45, 7) is 6.82. The van der Waals surface area contributed by atoms with Crippen molar-refractivity contribution in [1.29, 1.82) is 0 Å². The highest BCUT2D eigenvalue weighted by atomic mass is 32.2. The van der Waals surface area contributed by atoms with Gasteiger partial charge in [0, 0.05) is 5.25 Å². The van der Waals surface area contributed by atoms with Gasteiger partial charge in [0.25, 0.3) is 0 Å². The van der Waals surface area contributed by atoms with E-state index in [9.17, 15) is 0 Å². The van der Waals surface area contributed by atoms with E-state index in [4.69, 9.17) is 4.99 Å².